The molecule has 144 valence electrons. The van der Waals surface area contributed by atoms with Crippen LogP contribution in [0.15, 0.2) is 58.1 Å². The molecule has 1 saturated carbocycles. The van der Waals surface area contributed by atoms with Crippen LogP contribution >= 0.6 is 0 Å². The smallest absolute Gasteiger partial charge is 0.223 e. The van der Waals surface area contributed by atoms with E-state index in [1.165, 1.54) is 5.56 Å². The van der Waals surface area contributed by atoms with Gasteiger partial charge in [0.1, 0.15) is 5.76 Å². The van der Waals surface area contributed by atoms with Crippen molar-refractivity contribution in [3.8, 4) is 0 Å². The Hall–Kier alpha value is -2.76. The van der Waals surface area contributed by atoms with Crippen molar-refractivity contribution < 1.29 is 9.21 Å². The van der Waals surface area contributed by atoms with Crippen molar-refractivity contribution in [2.45, 2.75) is 32.2 Å². The van der Waals surface area contributed by atoms with E-state index in [4.69, 9.17) is 4.42 Å². The number of furan rings is 1. The quantitative estimate of drug-likeness (QED) is 0.361. The molecule has 1 heterocycles. The molecule has 0 spiro atoms. The fourth-order valence-electron chi connectivity index (χ4n) is 2.77. The molecule has 27 heavy (non-hydrogen) atoms. The maximum absolute atomic E-state index is 11.7. The van der Waals surface area contributed by atoms with Gasteiger partial charge in [-0.1, -0.05) is 30.3 Å². The molecule has 1 aromatic carbocycles. The summed E-state index contributed by atoms with van der Waals surface area (Å²) >= 11 is 0. The highest BCUT2D eigenvalue weighted by Gasteiger charge is 2.28. The molecule has 3 rings (SSSR count). The molecule has 6 nitrogen and oxygen atoms in total. The zero-order valence-electron chi connectivity index (χ0n) is 15.8. The van der Waals surface area contributed by atoms with Gasteiger partial charge in [-0.25, -0.2) is 0 Å². The van der Waals surface area contributed by atoms with Crippen molar-refractivity contribution in [3.05, 3.63) is 60.1 Å². The van der Waals surface area contributed by atoms with Crippen LogP contribution in [0.2, 0.25) is 0 Å². The summed E-state index contributed by atoms with van der Waals surface area (Å²) in [4.78, 5) is 16.4. The van der Waals surface area contributed by atoms with Crippen LogP contribution < -0.4 is 16.0 Å². The second-order valence-electron chi connectivity index (χ2n) is 6.83. The van der Waals surface area contributed by atoms with Gasteiger partial charge in [0, 0.05) is 32.0 Å². The van der Waals surface area contributed by atoms with Crippen LogP contribution in [-0.4, -0.2) is 31.5 Å². The maximum Gasteiger partial charge on any atom is 0.223 e. The normalized spacial score (nSPS) is 15.2. The van der Waals surface area contributed by atoms with Crippen molar-refractivity contribution in [3.63, 3.8) is 0 Å². The molecular formula is C21H28N4O2. The molecular weight excluding hydrogens is 340 g/mol. The van der Waals surface area contributed by atoms with Crippen LogP contribution in [0.3, 0.4) is 0 Å². The highest BCUT2D eigenvalue weighted by molar-refractivity contribution is 5.81. The number of guanidine groups is 1. The number of rotatable bonds is 9. The van der Waals surface area contributed by atoms with Gasteiger partial charge in [-0.3, -0.25) is 9.79 Å². The third-order valence-electron chi connectivity index (χ3n) is 4.53. The third kappa shape index (κ3) is 6.47. The molecule has 0 radical (unpaired) electrons. The van der Waals surface area contributed by atoms with Crippen molar-refractivity contribution in [1.29, 1.82) is 0 Å². The summed E-state index contributed by atoms with van der Waals surface area (Å²) in [5.41, 5.74) is 1.19. The Balaban J connectivity index is 1.50. The van der Waals surface area contributed by atoms with Gasteiger partial charge >= 0.3 is 0 Å². The van der Waals surface area contributed by atoms with E-state index in [-0.39, 0.29) is 17.9 Å². The van der Waals surface area contributed by atoms with Gasteiger partial charge in [0.15, 0.2) is 5.96 Å². The standard InChI is InChI=1S/C21H28N4O2/c1-16(17-6-3-2-4-7-17)25-21(23-12-11-19-8-5-15-27-19)24-14-13-22-20(26)18-9-10-18/h2-8,15-16,18H,9-14H2,1H3,(H,22,26)(H2,23,24,25). The molecule has 0 bridgehead atoms. The lowest BCUT2D eigenvalue weighted by atomic mass is 10.1. The van der Waals surface area contributed by atoms with Gasteiger partial charge in [0.05, 0.1) is 12.3 Å². The molecule has 2 aromatic rings. The number of nitrogens with zero attached hydrogens (tertiary/aromatic N) is 1. The summed E-state index contributed by atoms with van der Waals surface area (Å²) in [5, 5.41) is 9.71. The topological polar surface area (TPSA) is 78.7 Å². The van der Waals surface area contributed by atoms with Crippen LogP contribution in [0.5, 0.6) is 0 Å². The van der Waals surface area contributed by atoms with E-state index in [0.29, 0.717) is 19.6 Å². The van der Waals surface area contributed by atoms with Crippen LogP contribution in [-0.2, 0) is 11.2 Å². The molecule has 6 heteroatoms. The van der Waals surface area contributed by atoms with Crippen molar-refractivity contribution in [2.24, 2.45) is 10.9 Å². The average Bonchev–Trinajstić information content (AvgIpc) is 3.42. The number of carbonyl (C=O) groups excluding carboxylic acids is 1. The largest absolute Gasteiger partial charge is 0.469 e. The minimum Gasteiger partial charge on any atom is -0.469 e. The minimum atomic E-state index is 0.127. The van der Waals surface area contributed by atoms with Gasteiger partial charge in [-0.2, -0.15) is 0 Å². The van der Waals surface area contributed by atoms with Crippen LogP contribution in [0.1, 0.15) is 37.1 Å². The monoisotopic (exact) mass is 368 g/mol. The Kier molecular flexibility index (Phi) is 6.90. The first-order chi connectivity index (χ1) is 13.2. The molecule has 1 unspecified atom stereocenters. The summed E-state index contributed by atoms with van der Waals surface area (Å²) in [5.74, 6) is 2.06. The Bertz CT molecular complexity index is 724. The van der Waals surface area contributed by atoms with Crippen molar-refractivity contribution >= 4 is 11.9 Å². The fraction of sp³-hybridized carbons (Fsp3) is 0.429. The first kappa shape index (κ1) is 19.0. The molecule has 1 amide bonds. The minimum absolute atomic E-state index is 0.127. The predicted octanol–water partition coefficient (Wildman–Crippen LogP) is 2.64. The summed E-state index contributed by atoms with van der Waals surface area (Å²) in [6, 6.07) is 14.2. The second kappa shape index (κ2) is 9.80. The van der Waals surface area contributed by atoms with Gasteiger partial charge in [-0.15, -0.1) is 0 Å². The highest BCUT2D eigenvalue weighted by atomic mass is 16.3. The number of hydrogen-bond donors (Lipinski definition) is 3. The lowest BCUT2D eigenvalue weighted by molar-refractivity contribution is -0.122. The third-order valence-corrected chi connectivity index (χ3v) is 4.53. The van der Waals surface area contributed by atoms with E-state index in [2.05, 4.69) is 40.0 Å². The van der Waals surface area contributed by atoms with Gasteiger partial charge < -0.3 is 20.4 Å². The molecule has 1 fully saturated rings. The first-order valence-corrected chi connectivity index (χ1v) is 9.62. The average molecular weight is 368 g/mol. The van der Waals surface area contributed by atoms with Crippen molar-refractivity contribution in [1.82, 2.24) is 16.0 Å². The van der Waals surface area contributed by atoms with E-state index in [9.17, 15) is 4.79 Å². The van der Waals surface area contributed by atoms with E-state index < -0.39 is 0 Å². The Labute approximate surface area is 160 Å². The Morgan fingerprint density at radius 3 is 2.63 bits per heavy atom. The van der Waals surface area contributed by atoms with Crippen LogP contribution in [0, 0.1) is 5.92 Å². The molecule has 3 N–H and O–H groups in total. The number of aliphatic imine (C=N–C) groups is 1. The zero-order chi connectivity index (χ0) is 18.9. The molecule has 1 atom stereocenters. The summed E-state index contributed by atoms with van der Waals surface area (Å²) in [6.45, 7) is 3.95. The number of carbonyl (C=O) groups is 1. The Morgan fingerprint density at radius 1 is 1.15 bits per heavy atom. The lowest BCUT2D eigenvalue weighted by Gasteiger charge is -2.19. The van der Waals surface area contributed by atoms with E-state index in [1.807, 2.05) is 30.3 Å². The number of nitrogens with one attached hydrogen (secondary N) is 3. The fourth-order valence-corrected chi connectivity index (χ4v) is 2.77. The van der Waals surface area contributed by atoms with Gasteiger partial charge in [-0.05, 0) is 37.5 Å². The SMILES string of the molecule is CC(NC(=NCCc1ccco1)NCCNC(=O)C1CC1)c1ccccc1. The van der Waals surface area contributed by atoms with Crippen LogP contribution in [0.25, 0.3) is 0 Å². The van der Waals surface area contributed by atoms with Crippen LogP contribution in [0.4, 0.5) is 0 Å². The van der Waals surface area contributed by atoms with E-state index in [1.54, 1.807) is 6.26 Å². The second-order valence-corrected chi connectivity index (χ2v) is 6.83. The first-order valence-electron chi connectivity index (χ1n) is 9.62. The number of benzene rings is 1. The summed E-state index contributed by atoms with van der Waals surface area (Å²) < 4.78 is 5.36. The van der Waals surface area contributed by atoms with Gasteiger partial charge in [0.2, 0.25) is 5.91 Å². The van der Waals surface area contributed by atoms with E-state index >= 15 is 0 Å². The number of hydrogen-bond acceptors (Lipinski definition) is 3. The summed E-state index contributed by atoms with van der Waals surface area (Å²) in [6.07, 6.45) is 4.47. The molecule has 1 aliphatic carbocycles. The number of amides is 1. The Morgan fingerprint density at radius 2 is 1.93 bits per heavy atom. The summed E-state index contributed by atoms with van der Waals surface area (Å²) in [7, 11) is 0. The maximum atomic E-state index is 11.7. The van der Waals surface area contributed by atoms with Crippen molar-refractivity contribution in [2.75, 3.05) is 19.6 Å². The highest BCUT2D eigenvalue weighted by Crippen LogP contribution is 2.28. The molecule has 1 aromatic heterocycles. The molecule has 1 aliphatic rings. The lowest BCUT2D eigenvalue weighted by Crippen LogP contribution is -2.42. The van der Waals surface area contributed by atoms with Gasteiger partial charge in [0.25, 0.3) is 0 Å². The molecule has 0 saturated heterocycles. The predicted molar refractivity (Wildman–Crippen MR) is 106 cm³/mol. The van der Waals surface area contributed by atoms with E-state index in [0.717, 1.165) is 31.0 Å². The zero-order valence-corrected chi connectivity index (χ0v) is 15.8. The molecule has 0 aliphatic heterocycles.